The van der Waals surface area contributed by atoms with Gasteiger partial charge in [-0.1, -0.05) is 36.4 Å². The maximum absolute atomic E-state index is 14.0. The Morgan fingerprint density at radius 3 is 2.62 bits per heavy atom. The van der Waals surface area contributed by atoms with E-state index in [0.29, 0.717) is 17.9 Å². The Morgan fingerprint density at radius 1 is 1.14 bits per heavy atom. The van der Waals surface area contributed by atoms with Crippen molar-refractivity contribution in [1.82, 2.24) is 9.78 Å². The predicted molar refractivity (Wildman–Crippen MR) is 84.3 cm³/mol. The summed E-state index contributed by atoms with van der Waals surface area (Å²) in [6.45, 7) is 0. The molecule has 2 nitrogen and oxygen atoms in total. The third-order valence-electron chi connectivity index (χ3n) is 3.81. The lowest BCUT2D eigenvalue weighted by molar-refractivity contribution is 0.586. The van der Waals surface area contributed by atoms with Crippen LogP contribution in [-0.2, 0) is 13.5 Å². The van der Waals surface area contributed by atoms with Crippen LogP contribution in [0.4, 0.5) is 4.39 Å². The molecule has 0 radical (unpaired) electrons. The van der Waals surface area contributed by atoms with Crippen LogP contribution in [0.5, 0.6) is 0 Å². The molecule has 1 aromatic heterocycles. The quantitative estimate of drug-likeness (QED) is 0.658. The number of rotatable bonds is 4. The molecule has 0 fully saturated rings. The molecule has 3 aromatic rings. The van der Waals surface area contributed by atoms with Gasteiger partial charge in [0.2, 0.25) is 0 Å². The zero-order chi connectivity index (χ0) is 14.8. The fourth-order valence-electron chi connectivity index (χ4n) is 2.73. The Kier molecular flexibility index (Phi) is 3.93. The lowest BCUT2D eigenvalue weighted by Crippen LogP contribution is -2.08. The smallest absolute Gasteiger partial charge is 0.126 e. The van der Waals surface area contributed by atoms with Crippen molar-refractivity contribution in [1.29, 1.82) is 0 Å². The normalized spacial score (nSPS) is 12.7. The number of fused-ring (bicyclic) bond motifs is 1. The standard InChI is InChI=1S/C17H16ClFN2/c1-21-17-9-5-3-7-14(17)16(20-21)10-12(11-18)13-6-2-4-8-15(13)19/h2-9,12H,10-11H2,1H3. The van der Waals surface area contributed by atoms with E-state index in [1.54, 1.807) is 12.1 Å². The van der Waals surface area contributed by atoms with Crippen molar-refractivity contribution in [2.75, 3.05) is 5.88 Å². The average Bonchev–Trinajstić information content (AvgIpc) is 2.82. The van der Waals surface area contributed by atoms with E-state index >= 15 is 0 Å². The van der Waals surface area contributed by atoms with Gasteiger partial charge in [-0.3, -0.25) is 4.68 Å². The molecular formula is C17H16ClFN2. The van der Waals surface area contributed by atoms with Crippen molar-refractivity contribution < 1.29 is 4.39 Å². The summed E-state index contributed by atoms with van der Waals surface area (Å²) in [4.78, 5) is 0. The number of nitrogens with zero attached hydrogens (tertiary/aromatic N) is 2. The van der Waals surface area contributed by atoms with Crippen molar-refractivity contribution in [3.05, 3.63) is 65.6 Å². The first kappa shape index (κ1) is 14.1. The average molecular weight is 303 g/mol. The number of aromatic nitrogens is 2. The van der Waals surface area contributed by atoms with Crippen molar-refractivity contribution in [2.45, 2.75) is 12.3 Å². The summed E-state index contributed by atoms with van der Waals surface area (Å²) in [5.74, 6) is 0.0841. The van der Waals surface area contributed by atoms with Gasteiger partial charge in [-0.2, -0.15) is 5.10 Å². The van der Waals surface area contributed by atoms with Crippen molar-refractivity contribution in [3.8, 4) is 0 Å². The van der Waals surface area contributed by atoms with Gasteiger partial charge in [-0.15, -0.1) is 11.6 Å². The number of aryl methyl sites for hydroxylation is 1. The molecule has 1 atom stereocenters. The molecule has 0 saturated heterocycles. The van der Waals surface area contributed by atoms with Gasteiger partial charge in [0.15, 0.2) is 0 Å². The highest BCUT2D eigenvalue weighted by Gasteiger charge is 2.18. The second-order valence-electron chi connectivity index (χ2n) is 5.16. The summed E-state index contributed by atoms with van der Waals surface area (Å²) in [7, 11) is 1.92. The van der Waals surface area contributed by atoms with Gasteiger partial charge in [0.1, 0.15) is 5.82 Å². The number of para-hydroxylation sites is 1. The van der Waals surface area contributed by atoms with E-state index in [9.17, 15) is 4.39 Å². The highest BCUT2D eigenvalue weighted by atomic mass is 35.5. The number of alkyl halides is 1. The fraction of sp³-hybridized carbons (Fsp3) is 0.235. The number of benzene rings is 2. The van der Waals surface area contributed by atoms with Gasteiger partial charge < -0.3 is 0 Å². The van der Waals surface area contributed by atoms with Gasteiger partial charge in [0, 0.05) is 30.7 Å². The Labute approximate surface area is 128 Å². The Morgan fingerprint density at radius 2 is 1.86 bits per heavy atom. The molecule has 1 heterocycles. The molecule has 1 unspecified atom stereocenters. The zero-order valence-corrected chi connectivity index (χ0v) is 12.5. The molecule has 0 aliphatic heterocycles. The molecule has 0 N–H and O–H groups in total. The molecule has 0 bridgehead atoms. The lowest BCUT2D eigenvalue weighted by Gasteiger charge is -2.14. The number of hydrogen-bond acceptors (Lipinski definition) is 1. The van der Waals surface area contributed by atoms with Crippen LogP contribution in [0.2, 0.25) is 0 Å². The summed E-state index contributed by atoms with van der Waals surface area (Å²) in [6, 6.07) is 14.9. The van der Waals surface area contributed by atoms with Crippen LogP contribution in [0.25, 0.3) is 10.9 Å². The third-order valence-corrected chi connectivity index (χ3v) is 4.18. The highest BCUT2D eigenvalue weighted by Crippen LogP contribution is 2.27. The minimum Gasteiger partial charge on any atom is -0.268 e. The maximum Gasteiger partial charge on any atom is 0.126 e. The maximum atomic E-state index is 14.0. The minimum absolute atomic E-state index is 0.0776. The molecule has 0 aliphatic rings. The monoisotopic (exact) mass is 302 g/mol. The third kappa shape index (κ3) is 2.66. The SMILES string of the molecule is Cn1nc(CC(CCl)c2ccccc2F)c2ccccc21. The van der Waals surface area contributed by atoms with Crippen LogP contribution in [-0.4, -0.2) is 15.7 Å². The van der Waals surface area contributed by atoms with E-state index in [4.69, 9.17) is 11.6 Å². The van der Waals surface area contributed by atoms with Crippen LogP contribution < -0.4 is 0 Å². The second kappa shape index (κ2) is 5.86. The molecule has 2 aromatic carbocycles. The lowest BCUT2D eigenvalue weighted by atomic mass is 9.94. The van der Waals surface area contributed by atoms with Crippen LogP contribution in [0.1, 0.15) is 17.2 Å². The molecule has 4 heteroatoms. The first-order chi connectivity index (χ1) is 10.2. The molecule has 0 amide bonds. The summed E-state index contributed by atoms with van der Waals surface area (Å²) in [6.07, 6.45) is 0.631. The Bertz CT molecular complexity index is 766. The first-order valence-electron chi connectivity index (χ1n) is 6.91. The minimum atomic E-state index is -0.205. The summed E-state index contributed by atoms with van der Waals surface area (Å²) < 4.78 is 15.8. The van der Waals surface area contributed by atoms with E-state index in [0.717, 1.165) is 16.6 Å². The second-order valence-corrected chi connectivity index (χ2v) is 5.47. The van der Waals surface area contributed by atoms with Crippen LogP contribution in [0.3, 0.4) is 0 Å². The van der Waals surface area contributed by atoms with E-state index in [-0.39, 0.29) is 11.7 Å². The van der Waals surface area contributed by atoms with E-state index in [1.807, 2.05) is 42.1 Å². The number of hydrogen-bond donors (Lipinski definition) is 0. The van der Waals surface area contributed by atoms with Crippen LogP contribution in [0, 0.1) is 5.82 Å². The number of halogens is 2. The van der Waals surface area contributed by atoms with Gasteiger partial charge >= 0.3 is 0 Å². The highest BCUT2D eigenvalue weighted by molar-refractivity contribution is 6.18. The predicted octanol–water partition coefficient (Wildman–Crippen LogP) is 4.28. The first-order valence-corrected chi connectivity index (χ1v) is 7.45. The molecule has 21 heavy (non-hydrogen) atoms. The van der Waals surface area contributed by atoms with Gasteiger partial charge in [-0.05, 0) is 17.7 Å². The molecule has 3 rings (SSSR count). The van der Waals surface area contributed by atoms with E-state index in [1.165, 1.54) is 6.07 Å². The van der Waals surface area contributed by atoms with Gasteiger partial charge in [0.05, 0.1) is 11.2 Å². The van der Waals surface area contributed by atoms with E-state index in [2.05, 4.69) is 5.10 Å². The molecule has 0 spiro atoms. The Balaban J connectivity index is 1.99. The molecule has 0 saturated carbocycles. The Hall–Kier alpha value is -1.87. The molecule has 0 aliphatic carbocycles. The van der Waals surface area contributed by atoms with Gasteiger partial charge in [-0.25, -0.2) is 4.39 Å². The largest absolute Gasteiger partial charge is 0.268 e. The summed E-state index contributed by atoms with van der Waals surface area (Å²) >= 11 is 6.08. The van der Waals surface area contributed by atoms with Crippen LogP contribution >= 0.6 is 11.6 Å². The van der Waals surface area contributed by atoms with Crippen molar-refractivity contribution in [2.24, 2.45) is 7.05 Å². The molecule has 108 valence electrons. The zero-order valence-electron chi connectivity index (χ0n) is 11.8. The summed E-state index contributed by atoms with van der Waals surface area (Å²) in [5.41, 5.74) is 2.69. The van der Waals surface area contributed by atoms with Crippen molar-refractivity contribution >= 4 is 22.5 Å². The molecular weight excluding hydrogens is 287 g/mol. The van der Waals surface area contributed by atoms with Gasteiger partial charge in [0.25, 0.3) is 0 Å². The van der Waals surface area contributed by atoms with E-state index < -0.39 is 0 Å². The topological polar surface area (TPSA) is 17.8 Å². The fourth-order valence-corrected chi connectivity index (χ4v) is 3.00. The van der Waals surface area contributed by atoms with Crippen LogP contribution in [0.15, 0.2) is 48.5 Å². The van der Waals surface area contributed by atoms with Crippen molar-refractivity contribution in [3.63, 3.8) is 0 Å². The summed E-state index contributed by atoms with van der Waals surface area (Å²) in [5, 5.41) is 5.67.